The van der Waals surface area contributed by atoms with Crippen molar-refractivity contribution in [3.8, 4) is 6.07 Å². The highest BCUT2D eigenvalue weighted by Gasteiger charge is 2.12. The minimum atomic E-state index is -0.492. The minimum Gasteiger partial charge on any atom is -0.326 e. The molecular formula is C14H18FN3O. The molecule has 1 aromatic carbocycles. The van der Waals surface area contributed by atoms with E-state index in [1.807, 2.05) is 19.9 Å². The summed E-state index contributed by atoms with van der Waals surface area (Å²) in [5.74, 6) is -0.694. The monoisotopic (exact) mass is 263 g/mol. The lowest BCUT2D eigenvalue weighted by atomic mass is 10.1. The van der Waals surface area contributed by atoms with E-state index >= 15 is 0 Å². The van der Waals surface area contributed by atoms with Crippen molar-refractivity contribution in [3.63, 3.8) is 0 Å². The minimum absolute atomic E-state index is 0.0503. The van der Waals surface area contributed by atoms with Crippen molar-refractivity contribution in [2.45, 2.75) is 33.2 Å². The predicted molar refractivity (Wildman–Crippen MR) is 72.2 cm³/mol. The summed E-state index contributed by atoms with van der Waals surface area (Å²) < 4.78 is 13.5. The molecule has 0 saturated carbocycles. The first-order chi connectivity index (χ1) is 8.97. The lowest BCUT2D eigenvalue weighted by molar-refractivity contribution is -0.116. The van der Waals surface area contributed by atoms with Gasteiger partial charge in [-0.05, 0) is 32.5 Å². The van der Waals surface area contributed by atoms with Gasteiger partial charge in [-0.3, -0.25) is 4.79 Å². The number of nitrogens with one attached hydrogen (secondary N) is 2. The third-order valence-corrected chi connectivity index (χ3v) is 2.79. The molecular weight excluding hydrogens is 245 g/mol. The van der Waals surface area contributed by atoms with E-state index in [1.54, 1.807) is 6.92 Å². The molecule has 1 amide bonds. The Hall–Kier alpha value is -1.93. The molecule has 2 N–H and O–H groups in total. The summed E-state index contributed by atoms with van der Waals surface area (Å²) in [5, 5.41) is 14.6. The number of hydrogen-bond acceptors (Lipinski definition) is 3. The van der Waals surface area contributed by atoms with Gasteiger partial charge in [0.25, 0.3) is 0 Å². The summed E-state index contributed by atoms with van der Waals surface area (Å²) in [7, 11) is 0. The second kappa shape index (κ2) is 6.86. The lowest BCUT2D eigenvalue weighted by Crippen LogP contribution is -2.30. The average Bonchev–Trinajstić information content (AvgIpc) is 2.34. The van der Waals surface area contributed by atoms with Crippen molar-refractivity contribution in [3.05, 3.63) is 29.1 Å². The molecule has 1 rings (SSSR count). The summed E-state index contributed by atoms with van der Waals surface area (Å²) in [6.07, 6.45) is 0.297. The Kier molecular flexibility index (Phi) is 5.46. The zero-order valence-corrected chi connectivity index (χ0v) is 11.4. The van der Waals surface area contributed by atoms with Gasteiger partial charge in [-0.2, -0.15) is 5.26 Å². The van der Waals surface area contributed by atoms with Crippen molar-refractivity contribution in [1.82, 2.24) is 5.32 Å². The van der Waals surface area contributed by atoms with Crippen LogP contribution in [-0.4, -0.2) is 18.5 Å². The van der Waals surface area contributed by atoms with Crippen LogP contribution in [0, 0.1) is 24.1 Å². The lowest BCUT2D eigenvalue weighted by Gasteiger charge is -2.13. The van der Waals surface area contributed by atoms with Gasteiger partial charge >= 0.3 is 0 Å². The van der Waals surface area contributed by atoms with Crippen molar-refractivity contribution in [2.75, 3.05) is 11.9 Å². The summed E-state index contributed by atoms with van der Waals surface area (Å²) in [6.45, 7) is 6.22. The molecule has 0 fully saturated rings. The Labute approximate surface area is 112 Å². The average molecular weight is 263 g/mol. The molecule has 0 heterocycles. The Morgan fingerprint density at radius 2 is 2.21 bits per heavy atom. The van der Waals surface area contributed by atoms with Gasteiger partial charge in [0, 0.05) is 23.7 Å². The number of nitrogens with zero attached hydrogens (tertiary/aromatic N) is 1. The molecule has 1 atom stereocenters. The fraction of sp³-hybridized carbons (Fsp3) is 0.429. The number of benzene rings is 1. The van der Waals surface area contributed by atoms with Crippen molar-refractivity contribution >= 4 is 11.6 Å². The standard InChI is InChI=1S/C14H18FN3O/c1-4-17-9(2)5-14(19)18-13-7-11(8-16)6-12(15)10(13)3/h6-7,9,17H,4-5H2,1-3H3,(H,18,19). The first-order valence-electron chi connectivity index (χ1n) is 6.21. The van der Waals surface area contributed by atoms with Gasteiger partial charge in [-0.1, -0.05) is 6.92 Å². The molecule has 4 nitrogen and oxygen atoms in total. The summed E-state index contributed by atoms with van der Waals surface area (Å²) in [5.41, 5.74) is 0.881. The van der Waals surface area contributed by atoms with E-state index in [4.69, 9.17) is 5.26 Å². The zero-order chi connectivity index (χ0) is 14.4. The largest absolute Gasteiger partial charge is 0.326 e. The van der Waals surface area contributed by atoms with E-state index in [0.717, 1.165) is 12.6 Å². The van der Waals surface area contributed by atoms with Crippen LogP contribution in [0.3, 0.4) is 0 Å². The van der Waals surface area contributed by atoms with E-state index in [9.17, 15) is 9.18 Å². The number of carbonyl (C=O) groups is 1. The molecule has 102 valence electrons. The number of nitriles is 1. The molecule has 19 heavy (non-hydrogen) atoms. The van der Waals surface area contributed by atoms with Crippen LogP contribution in [0.5, 0.6) is 0 Å². The molecule has 0 saturated heterocycles. The quantitative estimate of drug-likeness (QED) is 0.857. The van der Waals surface area contributed by atoms with Gasteiger partial charge in [0.05, 0.1) is 11.6 Å². The Morgan fingerprint density at radius 1 is 1.53 bits per heavy atom. The number of carbonyl (C=O) groups excluding carboxylic acids is 1. The Morgan fingerprint density at radius 3 is 2.79 bits per heavy atom. The van der Waals surface area contributed by atoms with Crippen molar-refractivity contribution in [1.29, 1.82) is 5.26 Å². The van der Waals surface area contributed by atoms with Crippen LogP contribution >= 0.6 is 0 Å². The molecule has 0 radical (unpaired) electrons. The topological polar surface area (TPSA) is 64.9 Å². The number of rotatable bonds is 5. The summed E-state index contributed by atoms with van der Waals surface area (Å²) in [4.78, 5) is 11.8. The van der Waals surface area contributed by atoms with Crippen LogP contribution < -0.4 is 10.6 Å². The second-order valence-electron chi connectivity index (χ2n) is 4.45. The van der Waals surface area contributed by atoms with Crippen molar-refractivity contribution in [2.24, 2.45) is 0 Å². The number of hydrogen-bond donors (Lipinski definition) is 2. The normalized spacial score (nSPS) is 11.7. The van der Waals surface area contributed by atoms with Crippen LogP contribution in [0.4, 0.5) is 10.1 Å². The Balaban J connectivity index is 2.79. The van der Waals surface area contributed by atoms with Crippen LogP contribution in [0.25, 0.3) is 0 Å². The fourth-order valence-electron chi connectivity index (χ4n) is 1.77. The highest BCUT2D eigenvalue weighted by molar-refractivity contribution is 5.92. The first kappa shape index (κ1) is 15.1. The molecule has 0 aliphatic rings. The first-order valence-corrected chi connectivity index (χ1v) is 6.21. The van der Waals surface area contributed by atoms with Gasteiger partial charge in [0.2, 0.25) is 5.91 Å². The maximum Gasteiger partial charge on any atom is 0.225 e. The molecule has 0 bridgehead atoms. The molecule has 0 aliphatic carbocycles. The molecule has 1 aromatic rings. The summed E-state index contributed by atoms with van der Waals surface area (Å²) >= 11 is 0. The number of amides is 1. The van der Waals surface area contributed by atoms with E-state index in [0.29, 0.717) is 17.7 Å². The predicted octanol–water partition coefficient (Wildman–Crippen LogP) is 2.33. The molecule has 0 aromatic heterocycles. The Bertz CT molecular complexity index is 508. The SMILES string of the molecule is CCNC(C)CC(=O)Nc1cc(C#N)cc(F)c1C. The highest BCUT2D eigenvalue weighted by Crippen LogP contribution is 2.20. The summed E-state index contributed by atoms with van der Waals surface area (Å²) in [6, 6.07) is 4.56. The molecule has 1 unspecified atom stereocenters. The van der Waals surface area contributed by atoms with Gasteiger partial charge in [0.1, 0.15) is 5.82 Å². The maximum atomic E-state index is 13.5. The maximum absolute atomic E-state index is 13.5. The van der Waals surface area contributed by atoms with Crippen LogP contribution in [-0.2, 0) is 4.79 Å². The zero-order valence-electron chi connectivity index (χ0n) is 11.4. The van der Waals surface area contributed by atoms with Gasteiger partial charge in [-0.25, -0.2) is 4.39 Å². The van der Waals surface area contributed by atoms with Gasteiger partial charge < -0.3 is 10.6 Å². The van der Waals surface area contributed by atoms with Crippen LogP contribution in [0.2, 0.25) is 0 Å². The van der Waals surface area contributed by atoms with Crippen LogP contribution in [0.1, 0.15) is 31.4 Å². The van der Waals surface area contributed by atoms with Gasteiger partial charge in [0.15, 0.2) is 0 Å². The fourth-order valence-corrected chi connectivity index (χ4v) is 1.77. The third-order valence-electron chi connectivity index (χ3n) is 2.79. The van der Waals surface area contributed by atoms with Gasteiger partial charge in [-0.15, -0.1) is 0 Å². The van der Waals surface area contributed by atoms with Crippen molar-refractivity contribution < 1.29 is 9.18 Å². The number of halogens is 1. The molecule has 5 heteroatoms. The van der Waals surface area contributed by atoms with E-state index in [1.165, 1.54) is 6.07 Å². The molecule has 0 aliphatic heterocycles. The molecule has 0 spiro atoms. The number of anilines is 1. The van der Waals surface area contributed by atoms with Crippen LogP contribution in [0.15, 0.2) is 12.1 Å². The smallest absolute Gasteiger partial charge is 0.225 e. The van der Waals surface area contributed by atoms with E-state index < -0.39 is 5.82 Å². The second-order valence-corrected chi connectivity index (χ2v) is 4.45. The van der Waals surface area contributed by atoms with E-state index in [2.05, 4.69) is 10.6 Å². The highest BCUT2D eigenvalue weighted by atomic mass is 19.1. The van der Waals surface area contributed by atoms with E-state index in [-0.39, 0.29) is 17.5 Å². The third kappa shape index (κ3) is 4.34.